The van der Waals surface area contributed by atoms with Crippen LogP contribution in [-0.2, 0) is 0 Å². The summed E-state index contributed by atoms with van der Waals surface area (Å²) in [4.78, 5) is 1.11. The van der Waals surface area contributed by atoms with Crippen molar-refractivity contribution in [2.24, 2.45) is 0 Å². The molecule has 0 aliphatic carbocycles. The summed E-state index contributed by atoms with van der Waals surface area (Å²) in [7, 11) is 0. The van der Waals surface area contributed by atoms with Crippen LogP contribution in [0.2, 0.25) is 10.0 Å². The Balaban J connectivity index is 1.97. The van der Waals surface area contributed by atoms with E-state index in [1.165, 1.54) is 11.9 Å². The highest BCUT2D eigenvalue weighted by molar-refractivity contribution is 8.00. The molecule has 2 rings (SSSR count). The van der Waals surface area contributed by atoms with E-state index in [0.29, 0.717) is 0 Å². The summed E-state index contributed by atoms with van der Waals surface area (Å²) in [6.45, 7) is 0. The van der Waals surface area contributed by atoms with Gasteiger partial charge in [-0.25, -0.2) is 0 Å². The van der Waals surface area contributed by atoms with Crippen LogP contribution in [0.5, 0.6) is 0 Å². The quantitative estimate of drug-likeness (QED) is 0.777. The number of halogens is 2. The fourth-order valence-electron chi connectivity index (χ4n) is 1.14. The third-order valence-corrected chi connectivity index (χ3v) is 3.29. The van der Waals surface area contributed by atoms with Gasteiger partial charge in [0.2, 0.25) is 0 Å². The molecule has 82 valence electrons. The lowest BCUT2D eigenvalue weighted by Gasteiger charge is -2.05. The molecular formula is C12H9Cl2NS. The number of rotatable bonds is 3. The second-order valence-corrected chi connectivity index (χ2v) is 4.92. The topological polar surface area (TPSA) is 12.0 Å². The molecule has 0 bridgehead atoms. The molecule has 0 amide bonds. The van der Waals surface area contributed by atoms with Gasteiger partial charge in [-0.3, -0.25) is 0 Å². The molecule has 0 aromatic heterocycles. The Bertz CT molecular complexity index is 408. The molecule has 16 heavy (non-hydrogen) atoms. The number of anilines is 1. The Morgan fingerprint density at radius 3 is 1.81 bits per heavy atom. The molecule has 0 spiro atoms. The van der Waals surface area contributed by atoms with Crippen molar-refractivity contribution in [2.45, 2.75) is 4.90 Å². The summed E-state index contributed by atoms with van der Waals surface area (Å²) in [5, 5.41) is 1.48. The molecule has 0 saturated carbocycles. The van der Waals surface area contributed by atoms with Gasteiger partial charge in [0, 0.05) is 20.6 Å². The Kier molecular flexibility index (Phi) is 3.99. The van der Waals surface area contributed by atoms with Gasteiger partial charge in [0.1, 0.15) is 0 Å². The van der Waals surface area contributed by atoms with Crippen molar-refractivity contribution in [1.82, 2.24) is 0 Å². The highest BCUT2D eigenvalue weighted by atomic mass is 35.5. The smallest absolute Gasteiger partial charge is 0.0444 e. The predicted molar refractivity (Wildman–Crippen MR) is 72.4 cm³/mol. The maximum absolute atomic E-state index is 5.80. The molecule has 0 atom stereocenters. The van der Waals surface area contributed by atoms with Crippen LogP contribution >= 0.6 is 35.1 Å². The van der Waals surface area contributed by atoms with Gasteiger partial charge in [-0.2, -0.15) is 0 Å². The fraction of sp³-hybridized carbons (Fsp3) is 0. The molecule has 4 heteroatoms. The van der Waals surface area contributed by atoms with Gasteiger partial charge in [0.05, 0.1) is 0 Å². The molecule has 1 N–H and O–H groups in total. The lowest BCUT2D eigenvalue weighted by atomic mass is 10.3. The molecule has 0 radical (unpaired) electrons. The molecule has 0 aliphatic heterocycles. The van der Waals surface area contributed by atoms with Crippen molar-refractivity contribution in [3.8, 4) is 0 Å². The van der Waals surface area contributed by atoms with Crippen LogP contribution in [-0.4, -0.2) is 0 Å². The van der Waals surface area contributed by atoms with Crippen LogP contribution in [0, 0.1) is 0 Å². The Hall–Kier alpha value is -0.830. The van der Waals surface area contributed by atoms with Gasteiger partial charge in [-0.1, -0.05) is 23.2 Å². The number of nitrogens with one attached hydrogen (secondary N) is 1. The SMILES string of the molecule is Clc1ccc(NSc2ccc(Cl)cc2)cc1. The summed E-state index contributed by atoms with van der Waals surface area (Å²) in [5.41, 5.74) is 1.02. The first kappa shape index (κ1) is 11.6. The van der Waals surface area contributed by atoms with Crippen molar-refractivity contribution in [2.75, 3.05) is 4.72 Å². The zero-order chi connectivity index (χ0) is 11.4. The maximum Gasteiger partial charge on any atom is 0.0444 e. The Morgan fingerprint density at radius 2 is 1.25 bits per heavy atom. The van der Waals surface area contributed by atoms with Crippen LogP contribution in [0.4, 0.5) is 5.69 Å². The Labute approximate surface area is 109 Å². The van der Waals surface area contributed by atoms with E-state index < -0.39 is 0 Å². The number of hydrogen-bond donors (Lipinski definition) is 1. The van der Waals surface area contributed by atoms with Crippen LogP contribution in [0.25, 0.3) is 0 Å². The van der Waals surface area contributed by atoms with E-state index in [1.54, 1.807) is 0 Å². The average molecular weight is 270 g/mol. The minimum Gasteiger partial charge on any atom is -0.326 e. The molecule has 2 aromatic carbocycles. The first-order valence-electron chi connectivity index (χ1n) is 4.68. The molecule has 0 heterocycles. The van der Waals surface area contributed by atoms with Crippen molar-refractivity contribution >= 4 is 40.8 Å². The van der Waals surface area contributed by atoms with Crippen molar-refractivity contribution in [3.63, 3.8) is 0 Å². The van der Waals surface area contributed by atoms with Crippen molar-refractivity contribution in [1.29, 1.82) is 0 Å². The maximum atomic E-state index is 5.80. The van der Waals surface area contributed by atoms with E-state index in [2.05, 4.69) is 4.72 Å². The normalized spacial score (nSPS) is 10.1. The van der Waals surface area contributed by atoms with Crippen LogP contribution in [0.1, 0.15) is 0 Å². The summed E-state index contributed by atoms with van der Waals surface area (Å²) in [6, 6.07) is 15.3. The second kappa shape index (κ2) is 5.48. The largest absolute Gasteiger partial charge is 0.326 e. The van der Waals surface area contributed by atoms with Crippen LogP contribution < -0.4 is 4.72 Å². The monoisotopic (exact) mass is 269 g/mol. The molecular weight excluding hydrogens is 261 g/mol. The van der Waals surface area contributed by atoms with Gasteiger partial charge < -0.3 is 4.72 Å². The summed E-state index contributed by atoms with van der Waals surface area (Å²) in [5.74, 6) is 0. The average Bonchev–Trinajstić information content (AvgIpc) is 2.30. The third-order valence-electron chi connectivity index (χ3n) is 1.94. The first-order valence-corrected chi connectivity index (χ1v) is 6.25. The van der Waals surface area contributed by atoms with E-state index >= 15 is 0 Å². The van der Waals surface area contributed by atoms with E-state index in [0.717, 1.165) is 20.6 Å². The molecule has 0 fully saturated rings. The Morgan fingerprint density at radius 1 is 0.750 bits per heavy atom. The second-order valence-electron chi connectivity index (χ2n) is 3.16. The van der Waals surface area contributed by atoms with Gasteiger partial charge in [-0.05, 0) is 60.5 Å². The van der Waals surface area contributed by atoms with Gasteiger partial charge in [-0.15, -0.1) is 0 Å². The first-order chi connectivity index (χ1) is 7.74. The lowest BCUT2D eigenvalue weighted by molar-refractivity contribution is 1.46. The molecule has 0 saturated heterocycles. The minimum atomic E-state index is 0.738. The summed E-state index contributed by atoms with van der Waals surface area (Å²) < 4.78 is 3.22. The lowest BCUT2D eigenvalue weighted by Crippen LogP contribution is -1.85. The standard InChI is InChI=1S/C12H9Cl2NS/c13-9-1-5-11(6-2-9)15-16-12-7-3-10(14)4-8-12/h1-8,15H. The van der Waals surface area contributed by atoms with E-state index in [4.69, 9.17) is 23.2 Å². The fourth-order valence-corrected chi connectivity index (χ4v) is 2.03. The van der Waals surface area contributed by atoms with E-state index in [9.17, 15) is 0 Å². The van der Waals surface area contributed by atoms with Crippen molar-refractivity contribution in [3.05, 3.63) is 58.6 Å². The van der Waals surface area contributed by atoms with Crippen LogP contribution in [0.3, 0.4) is 0 Å². The van der Waals surface area contributed by atoms with E-state index in [-0.39, 0.29) is 0 Å². The highest BCUT2D eigenvalue weighted by Gasteiger charge is 1.95. The highest BCUT2D eigenvalue weighted by Crippen LogP contribution is 2.23. The van der Waals surface area contributed by atoms with Gasteiger partial charge in [0.25, 0.3) is 0 Å². The van der Waals surface area contributed by atoms with Gasteiger partial charge >= 0.3 is 0 Å². The predicted octanol–water partition coefficient (Wildman–Crippen LogP) is 5.11. The third kappa shape index (κ3) is 3.34. The zero-order valence-electron chi connectivity index (χ0n) is 8.28. The van der Waals surface area contributed by atoms with Crippen LogP contribution in [0.15, 0.2) is 53.4 Å². The van der Waals surface area contributed by atoms with Gasteiger partial charge in [0.15, 0.2) is 0 Å². The van der Waals surface area contributed by atoms with E-state index in [1.807, 2.05) is 48.5 Å². The molecule has 1 nitrogen and oxygen atoms in total. The molecule has 0 unspecified atom stereocenters. The zero-order valence-corrected chi connectivity index (χ0v) is 10.6. The molecule has 0 aliphatic rings. The number of hydrogen-bond acceptors (Lipinski definition) is 2. The summed E-state index contributed by atoms with van der Waals surface area (Å²) in [6.07, 6.45) is 0. The van der Waals surface area contributed by atoms with Crippen molar-refractivity contribution < 1.29 is 0 Å². The molecule has 2 aromatic rings. The summed E-state index contributed by atoms with van der Waals surface area (Å²) >= 11 is 13.1. The minimum absolute atomic E-state index is 0.738. The number of benzene rings is 2.